The van der Waals surface area contributed by atoms with Gasteiger partial charge in [0.2, 0.25) is 5.91 Å². The van der Waals surface area contributed by atoms with Crippen molar-refractivity contribution in [1.29, 1.82) is 0 Å². The van der Waals surface area contributed by atoms with E-state index in [1.165, 1.54) is 0 Å². The molecule has 0 aliphatic carbocycles. The van der Waals surface area contributed by atoms with Crippen LogP contribution in [0.2, 0.25) is 5.02 Å². The summed E-state index contributed by atoms with van der Waals surface area (Å²) < 4.78 is 5.07. The monoisotopic (exact) mass is 322 g/mol. The lowest BCUT2D eigenvalue weighted by Gasteiger charge is -2.22. The third-order valence-electron chi connectivity index (χ3n) is 4.37. The minimum absolute atomic E-state index is 0.0774. The van der Waals surface area contributed by atoms with Gasteiger partial charge in [-0.3, -0.25) is 9.59 Å². The van der Waals surface area contributed by atoms with E-state index < -0.39 is 0 Å². The first kappa shape index (κ1) is 15.3. The molecule has 118 valence electrons. The average molecular weight is 323 g/mol. The number of carbonyl (C=O) groups excluding carboxylic acids is 2. The largest absolute Gasteiger partial charge is 0.465 e. The summed E-state index contributed by atoms with van der Waals surface area (Å²) in [6, 6.07) is 6.99. The van der Waals surface area contributed by atoms with Gasteiger partial charge in [-0.1, -0.05) is 17.7 Å². The van der Waals surface area contributed by atoms with E-state index in [1.54, 1.807) is 24.0 Å². The zero-order valence-corrected chi connectivity index (χ0v) is 13.2. The Labute approximate surface area is 134 Å². The van der Waals surface area contributed by atoms with Crippen LogP contribution in [0.25, 0.3) is 0 Å². The number of nitrogens with one attached hydrogen (secondary N) is 1. The van der Waals surface area contributed by atoms with Gasteiger partial charge in [0.25, 0.3) is 0 Å². The van der Waals surface area contributed by atoms with Gasteiger partial charge in [-0.05, 0) is 31.5 Å². The van der Waals surface area contributed by atoms with Gasteiger partial charge in [-0.25, -0.2) is 0 Å². The third kappa shape index (κ3) is 2.83. The van der Waals surface area contributed by atoms with Crippen LogP contribution >= 0.6 is 11.6 Å². The maximum absolute atomic E-state index is 12.4. The summed E-state index contributed by atoms with van der Waals surface area (Å²) in [7, 11) is 0. The highest BCUT2D eigenvalue weighted by Crippen LogP contribution is 2.41. The number of esters is 1. The van der Waals surface area contributed by atoms with E-state index in [0.717, 1.165) is 5.69 Å². The molecule has 2 saturated heterocycles. The molecule has 1 amide bonds. The van der Waals surface area contributed by atoms with Crippen LogP contribution in [0.15, 0.2) is 24.3 Å². The first-order valence-electron chi connectivity index (χ1n) is 7.49. The fraction of sp³-hybridized carbons (Fsp3) is 0.500. The predicted octanol–water partition coefficient (Wildman–Crippen LogP) is 1.99. The number of halogens is 1. The third-order valence-corrected chi connectivity index (χ3v) is 4.61. The summed E-state index contributed by atoms with van der Waals surface area (Å²) in [5.74, 6) is -0.151. The fourth-order valence-corrected chi connectivity index (χ4v) is 3.54. The number of ether oxygens (including phenoxy) is 1. The molecule has 3 rings (SSSR count). The van der Waals surface area contributed by atoms with Crippen molar-refractivity contribution in [2.75, 3.05) is 24.6 Å². The molecular formula is C16H19ClN2O3. The first-order chi connectivity index (χ1) is 10.5. The van der Waals surface area contributed by atoms with Crippen molar-refractivity contribution in [3.8, 4) is 0 Å². The van der Waals surface area contributed by atoms with E-state index in [1.807, 2.05) is 12.1 Å². The summed E-state index contributed by atoms with van der Waals surface area (Å²) >= 11 is 6.01. The lowest BCUT2D eigenvalue weighted by molar-refractivity contribution is -0.145. The van der Waals surface area contributed by atoms with Crippen molar-refractivity contribution < 1.29 is 14.3 Å². The Kier molecular flexibility index (Phi) is 4.10. The van der Waals surface area contributed by atoms with E-state index in [0.29, 0.717) is 37.6 Å². The number of hydrogen-bond donors (Lipinski definition) is 1. The van der Waals surface area contributed by atoms with Crippen molar-refractivity contribution in [3.05, 3.63) is 29.3 Å². The maximum Gasteiger partial charge on any atom is 0.323 e. The number of anilines is 1. The van der Waals surface area contributed by atoms with Crippen molar-refractivity contribution in [2.45, 2.75) is 25.8 Å². The Balaban J connectivity index is 1.73. The summed E-state index contributed by atoms with van der Waals surface area (Å²) in [6.07, 6.45) is 1.08. The topological polar surface area (TPSA) is 58.6 Å². The highest BCUT2D eigenvalue weighted by Gasteiger charge is 2.50. The number of amides is 1. The lowest BCUT2D eigenvalue weighted by Crippen LogP contribution is -2.32. The Bertz CT molecular complexity index is 607. The molecule has 1 N–H and O–H groups in total. The minimum Gasteiger partial charge on any atom is -0.465 e. The van der Waals surface area contributed by atoms with Crippen molar-refractivity contribution in [1.82, 2.24) is 5.32 Å². The van der Waals surface area contributed by atoms with E-state index in [9.17, 15) is 9.59 Å². The molecule has 22 heavy (non-hydrogen) atoms. The molecule has 2 aliphatic heterocycles. The molecule has 2 fully saturated rings. The number of carbonyl (C=O) groups is 2. The minimum atomic E-state index is -0.313. The second-order valence-electron chi connectivity index (χ2n) is 6.03. The van der Waals surface area contributed by atoms with Gasteiger partial charge in [-0.15, -0.1) is 0 Å². The summed E-state index contributed by atoms with van der Waals surface area (Å²) in [5.41, 5.74) is 0.616. The van der Waals surface area contributed by atoms with Crippen LogP contribution < -0.4 is 10.2 Å². The molecule has 1 aromatic rings. The van der Waals surface area contributed by atoms with Crippen LogP contribution in [-0.2, 0) is 14.3 Å². The van der Waals surface area contributed by atoms with Gasteiger partial charge in [0, 0.05) is 35.6 Å². The molecule has 2 heterocycles. The normalized spacial score (nSPS) is 27.6. The zero-order chi connectivity index (χ0) is 15.7. The average Bonchev–Trinajstić information content (AvgIpc) is 3.03. The number of nitrogens with zero attached hydrogens (tertiary/aromatic N) is 1. The highest BCUT2D eigenvalue weighted by atomic mass is 35.5. The molecule has 0 bridgehead atoms. The lowest BCUT2D eigenvalue weighted by atomic mass is 9.84. The van der Waals surface area contributed by atoms with Crippen LogP contribution in [0.5, 0.6) is 0 Å². The summed E-state index contributed by atoms with van der Waals surface area (Å²) in [5, 5.41) is 3.81. The number of benzene rings is 1. The molecule has 0 aromatic heterocycles. The van der Waals surface area contributed by atoms with Crippen molar-refractivity contribution in [2.24, 2.45) is 5.41 Å². The van der Waals surface area contributed by atoms with Gasteiger partial charge in [-0.2, -0.15) is 0 Å². The van der Waals surface area contributed by atoms with Crippen LogP contribution in [0.4, 0.5) is 5.69 Å². The van der Waals surface area contributed by atoms with E-state index in [2.05, 4.69) is 5.32 Å². The molecule has 0 unspecified atom stereocenters. The van der Waals surface area contributed by atoms with Gasteiger partial charge in [0.15, 0.2) is 0 Å². The maximum atomic E-state index is 12.4. The van der Waals surface area contributed by atoms with Gasteiger partial charge in [0.05, 0.1) is 6.61 Å². The first-order valence-corrected chi connectivity index (χ1v) is 7.87. The standard InChI is InChI=1S/C16H19ClN2O3/c1-2-22-15(21)13-7-16(9-18-13)8-14(20)19(10-16)12-5-3-4-11(17)6-12/h3-6,13,18H,2,7-10H2,1H3/t13-,16+/m0/s1. The SMILES string of the molecule is CCOC(=O)[C@@H]1C[C@]2(CN1)CC(=O)N(c1cccc(Cl)c1)C2. The van der Waals surface area contributed by atoms with Gasteiger partial charge in [0.1, 0.15) is 6.04 Å². The smallest absolute Gasteiger partial charge is 0.323 e. The molecule has 0 saturated carbocycles. The molecule has 5 nitrogen and oxygen atoms in total. The van der Waals surface area contributed by atoms with Crippen LogP contribution in [0.1, 0.15) is 19.8 Å². The van der Waals surface area contributed by atoms with Gasteiger partial charge < -0.3 is 15.0 Å². The van der Waals surface area contributed by atoms with Crippen molar-refractivity contribution >= 4 is 29.2 Å². The number of rotatable bonds is 3. The molecule has 2 atom stereocenters. The van der Waals surface area contributed by atoms with E-state index in [-0.39, 0.29) is 23.3 Å². The zero-order valence-electron chi connectivity index (χ0n) is 12.5. The Morgan fingerprint density at radius 3 is 3.09 bits per heavy atom. The highest BCUT2D eigenvalue weighted by molar-refractivity contribution is 6.30. The van der Waals surface area contributed by atoms with Crippen LogP contribution in [0, 0.1) is 5.41 Å². The molecule has 0 radical (unpaired) electrons. The molecule has 2 aliphatic rings. The van der Waals surface area contributed by atoms with Crippen LogP contribution in [0.3, 0.4) is 0 Å². The van der Waals surface area contributed by atoms with E-state index >= 15 is 0 Å². The summed E-state index contributed by atoms with van der Waals surface area (Å²) in [4.78, 5) is 26.0. The quantitative estimate of drug-likeness (QED) is 0.865. The summed E-state index contributed by atoms with van der Waals surface area (Å²) in [6.45, 7) is 3.43. The Hall–Kier alpha value is -1.59. The predicted molar refractivity (Wildman–Crippen MR) is 83.9 cm³/mol. The second-order valence-corrected chi connectivity index (χ2v) is 6.46. The Morgan fingerprint density at radius 2 is 2.36 bits per heavy atom. The second kappa shape index (κ2) is 5.89. The number of hydrogen-bond acceptors (Lipinski definition) is 4. The van der Waals surface area contributed by atoms with E-state index in [4.69, 9.17) is 16.3 Å². The molecule has 6 heteroatoms. The Morgan fingerprint density at radius 1 is 1.55 bits per heavy atom. The fourth-order valence-electron chi connectivity index (χ4n) is 3.36. The van der Waals surface area contributed by atoms with Crippen molar-refractivity contribution in [3.63, 3.8) is 0 Å². The van der Waals surface area contributed by atoms with Gasteiger partial charge >= 0.3 is 5.97 Å². The molecule has 1 spiro atoms. The molecule has 1 aromatic carbocycles. The molecular weight excluding hydrogens is 304 g/mol. The van der Waals surface area contributed by atoms with Crippen LogP contribution in [-0.4, -0.2) is 37.6 Å².